The van der Waals surface area contributed by atoms with E-state index in [4.69, 9.17) is 0 Å². The molecule has 22 heavy (non-hydrogen) atoms. The van der Waals surface area contributed by atoms with Crippen LogP contribution in [0.4, 0.5) is 0 Å². The zero-order valence-corrected chi connectivity index (χ0v) is 14.8. The molecule has 3 aliphatic rings. The molecule has 3 saturated carbocycles. The van der Waals surface area contributed by atoms with Gasteiger partial charge in [-0.15, -0.1) is 0 Å². The van der Waals surface area contributed by atoms with Crippen LogP contribution in [0.15, 0.2) is 47.6 Å². The van der Waals surface area contributed by atoms with Crippen molar-refractivity contribution >= 4 is 0 Å². The second-order valence-corrected chi connectivity index (χ2v) is 8.37. The lowest BCUT2D eigenvalue weighted by Crippen LogP contribution is -2.31. The van der Waals surface area contributed by atoms with E-state index in [-0.39, 0.29) is 0 Å². The summed E-state index contributed by atoms with van der Waals surface area (Å²) in [6.07, 6.45) is 13.9. The van der Waals surface area contributed by atoms with E-state index in [1.54, 1.807) is 5.57 Å². The Kier molecular flexibility index (Phi) is 4.23. The van der Waals surface area contributed by atoms with E-state index in [1.165, 1.54) is 48.8 Å². The van der Waals surface area contributed by atoms with E-state index in [9.17, 15) is 0 Å². The smallest absolute Gasteiger partial charge is 0.00702 e. The molecule has 0 heteroatoms. The molecule has 0 nitrogen and oxygen atoms in total. The third kappa shape index (κ3) is 2.66. The van der Waals surface area contributed by atoms with Crippen LogP contribution in [0.2, 0.25) is 0 Å². The highest BCUT2D eigenvalue weighted by Gasteiger charge is 2.46. The minimum absolute atomic E-state index is 0.563. The lowest BCUT2D eigenvalue weighted by molar-refractivity contribution is 0.147. The molecule has 3 rings (SSSR count). The quantitative estimate of drug-likeness (QED) is 0.477. The summed E-state index contributed by atoms with van der Waals surface area (Å²) in [4.78, 5) is 0. The molecule has 0 heterocycles. The average Bonchev–Trinajstić information content (AvgIpc) is 2.78. The highest BCUT2D eigenvalue weighted by atomic mass is 14.5. The van der Waals surface area contributed by atoms with Crippen molar-refractivity contribution in [3.8, 4) is 0 Å². The topological polar surface area (TPSA) is 0 Å². The highest BCUT2D eigenvalue weighted by molar-refractivity contribution is 5.40. The molecule has 0 saturated heterocycles. The van der Waals surface area contributed by atoms with Gasteiger partial charge in [0.1, 0.15) is 0 Å². The van der Waals surface area contributed by atoms with Crippen LogP contribution in [-0.2, 0) is 0 Å². The van der Waals surface area contributed by atoms with Gasteiger partial charge in [0.25, 0.3) is 0 Å². The van der Waals surface area contributed by atoms with Gasteiger partial charge in [-0.25, -0.2) is 0 Å². The summed E-state index contributed by atoms with van der Waals surface area (Å²) < 4.78 is 0. The maximum Gasteiger partial charge on any atom is -0.00702 e. The summed E-state index contributed by atoms with van der Waals surface area (Å²) in [5.41, 5.74) is 6.39. The Morgan fingerprint density at radius 2 is 1.91 bits per heavy atom. The van der Waals surface area contributed by atoms with Gasteiger partial charge in [0.15, 0.2) is 0 Å². The largest absolute Gasteiger partial charge is 0.0992 e. The van der Waals surface area contributed by atoms with Crippen LogP contribution in [0.5, 0.6) is 0 Å². The van der Waals surface area contributed by atoms with Gasteiger partial charge in [-0.2, -0.15) is 0 Å². The van der Waals surface area contributed by atoms with Gasteiger partial charge in [-0.05, 0) is 79.3 Å². The van der Waals surface area contributed by atoms with Gasteiger partial charge >= 0.3 is 0 Å². The molecule has 0 radical (unpaired) electrons. The Morgan fingerprint density at radius 1 is 1.14 bits per heavy atom. The monoisotopic (exact) mass is 296 g/mol. The minimum Gasteiger partial charge on any atom is -0.0992 e. The zero-order chi connectivity index (χ0) is 15.9. The van der Waals surface area contributed by atoms with Crippen LogP contribution < -0.4 is 0 Å². The van der Waals surface area contributed by atoms with Crippen molar-refractivity contribution in [1.82, 2.24) is 0 Å². The van der Waals surface area contributed by atoms with Crippen LogP contribution >= 0.6 is 0 Å². The van der Waals surface area contributed by atoms with Crippen molar-refractivity contribution in [2.45, 2.75) is 65.7 Å². The number of fused-ring (bicyclic) bond motifs is 1. The fourth-order valence-electron chi connectivity index (χ4n) is 5.07. The van der Waals surface area contributed by atoms with Crippen molar-refractivity contribution in [2.24, 2.45) is 23.2 Å². The van der Waals surface area contributed by atoms with E-state index in [0.717, 1.165) is 24.7 Å². The normalized spacial score (nSPS) is 43.0. The zero-order valence-electron chi connectivity index (χ0n) is 14.8. The molecule has 3 aliphatic carbocycles. The Bertz CT molecular complexity index is 544. The van der Waals surface area contributed by atoms with Crippen molar-refractivity contribution in [3.05, 3.63) is 47.6 Å². The van der Waals surface area contributed by atoms with Crippen molar-refractivity contribution in [1.29, 1.82) is 0 Å². The standard InChI is InChI=1S/C22H32/c1-15-13-17(3)20(14-16(15)2)10-9-19-7-6-12-22(5)18(4)8-11-21(19)22/h9-10,16,18,21H,1,3,6-8,11-14H2,2,4-5H3/b19-9+,20-10-/t16-,18?,21+,22?/m1/s1. The highest BCUT2D eigenvalue weighted by Crippen LogP contribution is 2.57. The Morgan fingerprint density at radius 3 is 2.68 bits per heavy atom. The maximum atomic E-state index is 4.28. The summed E-state index contributed by atoms with van der Waals surface area (Å²) in [5, 5.41) is 0. The SMILES string of the molecule is C=C1CC(=C)[C@H](C)C/C1=C/C=C1\CCCC2(C)C(C)CC[C@@H]12. The maximum absolute atomic E-state index is 4.28. The molecule has 4 atom stereocenters. The molecule has 0 aromatic rings. The van der Waals surface area contributed by atoms with Crippen molar-refractivity contribution in [3.63, 3.8) is 0 Å². The molecular formula is C22H32. The lowest BCUT2D eigenvalue weighted by Gasteiger charge is -2.41. The molecular weight excluding hydrogens is 264 g/mol. The Balaban J connectivity index is 1.81. The predicted molar refractivity (Wildman–Crippen MR) is 96.7 cm³/mol. The van der Waals surface area contributed by atoms with Gasteiger partial charge in [-0.1, -0.05) is 57.2 Å². The number of allylic oxidation sites excluding steroid dienone is 6. The van der Waals surface area contributed by atoms with E-state index >= 15 is 0 Å². The summed E-state index contributed by atoms with van der Waals surface area (Å²) in [6, 6.07) is 0. The molecule has 0 N–H and O–H groups in total. The molecule has 120 valence electrons. The summed E-state index contributed by atoms with van der Waals surface area (Å²) in [5.74, 6) is 2.33. The first-order valence-electron chi connectivity index (χ1n) is 9.17. The first-order chi connectivity index (χ1) is 10.4. The molecule has 0 bridgehead atoms. The van der Waals surface area contributed by atoms with Gasteiger partial charge in [0.05, 0.1) is 0 Å². The van der Waals surface area contributed by atoms with Gasteiger partial charge in [-0.3, -0.25) is 0 Å². The number of hydrogen-bond donors (Lipinski definition) is 0. The molecule has 0 aromatic carbocycles. The first-order valence-corrected chi connectivity index (χ1v) is 9.17. The van der Waals surface area contributed by atoms with Crippen LogP contribution in [0, 0.1) is 23.2 Å². The van der Waals surface area contributed by atoms with E-state index in [0.29, 0.717) is 11.3 Å². The van der Waals surface area contributed by atoms with Gasteiger partial charge < -0.3 is 0 Å². The molecule has 3 fully saturated rings. The minimum atomic E-state index is 0.563. The van der Waals surface area contributed by atoms with Crippen LogP contribution in [0.3, 0.4) is 0 Å². The lowest BCUT2D eigenvalue weighted by atomic mass is 9.64. The first kappa shape index (κ1) is 15.8. The molecule has 2 unspecified atom stereocenters. The fourth-order valence-corrected chi connectivity index (χ4v) is 5.07. The Hall–Kier alpha value is -1.04. The summed E-state index contributed by atoms with van der Waals surface area (Å²) >= 11 is 0. The second kappa shape index (κ2) is 5.87. The van der Waals surface area contributed by atoms with E-state index < -0.39 is 0 Å². The average molecular weight is 296 g/mol. The molecule has 0 spiro atoms. The summed E-state index contributed by atoms with van der Waals surface area (Å²) in [7, 11) is 0. The van der Waals surface area contributed by atoms with Crippen LogP contribution in [-0.4, -0.2) is 0 Å². The van der Waals surface area contributed by atoms with E-state index in [1.807, 2.05) is 0 Å². The van der Waals surface area contributed by atoms with Crippen molar-refractivity contribution in [2.75, 3.05) is 0 Å². The molecule has 0 aliphatic heterocycles. The summed E-state index contributed by atoms with van der Waals surface area (Å²) in [6.45, 7) is 15.8. The van der Waals surface area contributed by atoms with E-state index in [2.05, 4.69) is 46.1 Å². The molecule has 0 amide bonds. The van der Waals surface area contributed by atoms with Crippen LogP contribution in [0.25, 0.3) is 0 Å². The Labute approximate surface area is 137 Å². The third-order valence-corrected chi connectivity index (χ3v) is 7.05. The van der Waals surface area contributed by atoms with Crippen LogP contribution in [0.1, 0.15) is 65.7 Å². The third-order valence-electron chi connectivity index (χ3n) is 7.05. The van der Waals surface area contributed by atoms with Gasteiger partial charge in [0.2, 0.25) is 0 Å². The van der Waals surface area contributed by atoms with Gasteiger partial charge in [0, 0.05) is 0 Å². The molecule has 0 aromatic heterocycles. The van der Waals surface area contributed by atoms with Crippen molar-refractivity contribution < 1.29 is 0 Å². The number of hydrogen-bond acceptors (Lipinski definition) is 0. The predicted octanol–water partition coefficient (Wildman–Crippen LogP) is 6.62. The number of rotatable bonds is 1. The second-order valence-electron chi connectivity index (χ2n) is 8.37. The fraction of sp³-hybridized carbons (Fsp3) is 0.636.